The van der Waals surface area contributed by atoms with Crippen LogP contribution in [0, 0.1) is 13.8 Å². The first kappa shape index (κ1) is 15.7. The van der Waals surface area contributed by atoms with E-state index >= 15 is 0 Å². The highest BCUT2D eigenvalue weighted by atomic mass is 32.2. The second kappa shape index (κ2) is 6.25. The summed E-state index contributed by atoms with van der Waals surface area (Å²) in [6, 6.07) is 12.0. The van der Waals surface area contributed by atoms with E-state index in [0.717, 1.165) is 28.0 Å². The third-order valence-corrected chi connectivity index (χ3v) is 4.85. The van der Waals surface area contributed by atoms with Crippen LogP contribution in [0.5, 0.6) is 0 Å². The van der Waals surface area contributed by atoms with E-state index in [1.165, 1.54) is 11.8 Å². The summed E-state index contributed by atoms with van der Waals surface area (Å²) < 4.78 is 0. The molecule has 124 valence electrons. The van der Waals surface area contributed by atoms with Crippen LogP contribution in [0.25, 0.3) is 22.1 Å². The van der Waals surface area contributed by atoms with Gasteiger partial charge < -0.3 is 0 Å². The highest BCUT2D eigenvalue weighted by Crippen LogP contribution is 2.20. The molecule has 0 radical (unpaired) electrons. The van der Waals surface area contributed by atoms with Gasteiger partial charge in [0.05, 0.1) is 22.6 Å². The molecule has 0 unspecified atom stereocenters. The first-order valence-corrected chi connectivity index (χ1v) is 8.81. The summed E-state index contributed by atoms with van der Waals surface area (Å²) in [4.78, 5) is 32.7. The molecule has 1 aromatic carbocycles. The highest BCUT2D eigenvalue weighted by molar-refractivity contribution is 7.98. The number of para-hydroxylation sites is 1. The van der Waals surface area contributed by atoms with Crippen molar-refractivity contribution in [1.82, 2.24) is 24.9 Å². The molecule has 25 heavy (non-hydrogen) atoms. The average molecular weight is 349 g/mol. The van der Waals surface area contributed by atoms with Gasteiger partial charge in [-0.1, -0.05) is 36.0 Å². The van der Waals surface area contributed by atoms with Crippen LogP contribution in [-0.4, -0.2) is 24.9 Å². The van der Waals surface area contributed by atoms with E-state index in [4.69, 9.17) is 0 Å². The molecule has 0 aliphatic rings. The van der Waals surface area contributed by atoms with Gasteiger partial charge in [0.2, 0.25) is 0 Å². The number of fused-ring (bicyclic) bond motifs is 2. The topological polar surface area (TPSA) is 84.4 Å². The standard InChI is InChI=1S/C18H15N5OS/c1-10-11(2)20-16-15(19-10)17(24)23-18(22-16)25-9-13-8-7-12-5-3-4-6-14(12)21-13/h3-8H,9H2,1-2H3,(H,20,22,23,24). The van der Waals surface area contributed by atoms with Gasteiger partial charge in [-0.25, -0.2) is 15.0 Å². The minimum absolute atomic E-state index is 0.269. The normalized spacial score (nSPS) is 11.3. The summed E-state index contributed by atoms with van der Waals surface area (Å²) in [5.41, 5.74) is 3.78. The van der Waals surface area contributed by atoms with Gasteiger partial charge in [-0.05, 0) is 26.0 Å². The molecule has 6 nitrogen and oxygen atoms in total. The van der Waals surface area contributed by atoms with E-state index in [9.17, 15) is 4.79 Å². The number of aryl methyl sites for hydroxylation is 2. The van der Waals surface area contributed by atoms with Gasteiger partial charge in [0.15, 0.2) is 16.3 Å². The first-order valence-electron chi connectivity index (χ1n) is 7.83. The summed E-state index contributed by atoms with van der Waals surface area (Å²) in [5.74, 6) is 0.609. The molecule has 0 atom stereocenters. The number of benzene rings is 1. The third-order valence-electron chi connectivity index (χ3n) is 3.94. The SMILES string of the molecule is Cc1nc2nc(SCc3ccc4ccccc4n3)[nH]c(=O)c2nc1C. The number of rotatable bonds is 3. The Balaban J connectivity index is 1.63. The van der Waals surface area contributed by atoms with Crippen LogP contribution < -0.4 is 5.56 Å². The summed E-state index contributed by atoms with van der Waals surface area (Å²) in [7, 11) is 0. The Morgan fingerprint density at radius 3 is 2.64 bits per heavy atom. The van der Waals surface area contributed by atoms with Gasteiger partial charge in [0.25, 0.3) is 5.56 Å². The Hall–Kier alpha value is -2.80. The molecular formula is C18H15N5OS. The maximum Gasteiger partial charge on any atom is 0.279 e. The van der Waals surface area contributed by atoms with Crippen LogP contribution in [0.1, 0.15) is 17.1 Å². The van der Waals surface area contributed by atoms with Gasteiger partial charge in [-0.2, -0.15) is 0 Å². The predicted molar refractivity (Wildman–Crippen MR) is 98.7 cm³/mol. The number of H-pyrrole nitrogens is 1. The number of nitrogens with one attached hydrogen (secondary N) is 1. The molecule has 0 fully saturated rings. The zero-order chi connectivity index (χ0) is 17.4. The van der Waals surface area contributed by atoms with Crippen LogP contribution in [-0.2, 0) is 5.75 Å². The van der Waals surface area contributed by atoms with Crippen LogP contribution >= 0.6 is 11.8 Å². The molecule has 3 heterocycles. The Bertz CT molecular complexity index is 1160. The molecule has 7 heteroatoms. The number of aromatic nitrogens is 5. The van der Waals surface area contributed by atoms with Crippen molar-refractivity contribution in [3.8, 4) is 0 Å². The molecule has 0 amide bonds. The quantitative estimate of drug-likeness (QED) is 0.452. The largest absolute Gasteiger partial charge is 0.299 e. The zero-order valence-electron chi connectivity index (χ0n) is 13.8. The van der Waals surface area contributed by atoms with Gasteiger partial charge in [0.1, 0.15) is 0 Å². The van der Waals surface area contributed by atoms with E-state index in [0.29, 0.717) is 16.6 Å². The number of hydrogen-bond donors (Lipinski definition) is 1. The van der Waals surface area contributed by atoms with Gasteiger partial charge in [-0.15, -0.1) is 0 Å². The van der Waals surface area contributed by atoms with Crippen LogP contribution in [0.2, 0.25) is 0 Å². The van der Waals surface area contributed by atoms with Crippen molar-refractivity contribution in [1.29, 1.82) is 0 Å². The molecule has 0 spiro atoms. The van der Waals surface area contributed by atoms with Crippen molar-refractivity contribution < 1.29 is 0 Å². The second-order valence-electron chi connectivity index (χ2n) is 5.72. The minimum Gasteiger partial charge on any atom is -0.299 e. The molecule has 0 saturated heterocycles. The summed E-state index contributed by atoms with van der Waals surface area (Å²) in [5, 5.41) is 1.62. The van der Waals surface area contributed by atoms with Crippen molar-refractivity contribution in [2.24, 2.45) is 0 Å². The fourth-order valence-corrected chi connectivity index (χ4v) is 3.26. The zero-order valence-corrected chi connectivity index (χ0v) is 14.6. The molecule has 0 bridgehead atoms. The smallest absolute Gasteiger partial charge is 0.279 e. The third kappa shape index (κ3) is 3.10. The number of thioether (sulfide) groups is 1. The van der Waals surface area contributed by atoms with Crippen LogP contribution in [0.4, 0.5) is 0 Å². The van der Waals surface area contributed by atoms with E-state index in [-0.39, 0.29) is 11.1 Å². The molecule has 0 saturated carbocycles. The minimum atomic E-state index is -0.269. The monoisotopic (exact) mass is 349 g/mol. The molecule has 0 aliphatic heterocycles. The van der Waals surface area contributed by atoms with E-state index in [2.05, 4.69) is 24.9 Å². The van der Waals surface area contributed by atoms with E-state index < -0.39 is 0 Å². The van der Waals surface area contributed by atoms with Crippen molar-refractivity contribution in [2.75, 3.05) is 0 Å². The van der Waals surface area contributed by atoms with Gasteiger partial charge in [0, 0.05) is 11.1 Å². The van der Waals surface area contributed by atoms with Crippen molar-refractivity contribution in [3.05, 3.63) is 63.8 Å². The Kier molecular flexibility index (Phi) is 3.93. The molecule has 0 aliphatic carbocycles. The van der Waals surface area contributed by atoms with Crippen molar-refractivity contribution >= 4 is 33.8 Å². The fourth-order valence-electron chi connectivity index (χ4n) is 2.50. The average Bonchev–Trinajstić information content (AvgIpc) is 2.61. The number of aromatic amines is 1. The molecular weight excluding hydrogens is 334 g/mol. The van der Waals surface area contributed by atoms with Crippen LogP contribution in [0.3, 0.4) is 0 Å². The Morgan fingerprint density at radius 2 is 1.76 bits per heavy atom. The Morgan fingerprint density at radius 1 is 0.960 bits per heavy atom. The highest BCUT2D eigenvalue weighted by Gasteiger charge is 2.10. The summed E-state index contributed by atoms with van der Waals surface area (Å²) in [6.45, 7) is 3.69. The second-order valence-corrected chi connectivity index (χ2v) is 6.69. The van der Waals surface area contributed by atoms with E-state index in [1.54, 1.807) is 0 Å². The fraction of sp³-hybridized carbons (Fsp3) is 0.167. The lowest BCUT2D eigenvalue weighted by Crippen LogP contribution is -2.13. The van der Waals surface area contributed by atoms with E-state index in [1.807, 2.05) is 50.2 Å². The van der Waals surface area contributed by atoms with Gasteiger partial charge >= 0.3 is 0 Å². The molecule has 4 aromatic rings. The maximum absolute atomic E-state index is 12.2. The lowest BCUT2D eigenvalue weighted by atomic mass is 10.2. The number of nitrogens with zero attached hydrogens (tertiary/aromatic N) is 4. The molecule has 1 N–H and O–H groups in total. The summed E-state index contributed by atoms with van der Waals surface area (Å²) >= 11 is 1.42. The lowest BCUT2D eigenvalue weighted by Gasteiger charge is -2.05. The number of pyridine rings is 1. The van der Waals surface area contributed by atoms with Gasteiger partial charge in [-0.3, -0.25) is 14.8 Å². The molecule has 3 aromatic heterocycles. The first-order chi connectivity index (χ1) is 12.1. The lowest BCUT2D eigenvalue weighted by molar-refractivity contribution is 0.935. The number of hydrogen-bond acceptors (Lipinski definition) is 6. The summed E-state index contributed by atoms with van der Waals surface area (Å²) in [6.07, 6.45) is 0. The molecule has 4 rings (SSSR count). The predicted octanol–water partition coefficient (Wildman–Crippen LogP) is 3.17. The Labute approximate surface area is 147 Å². The maximum atomic E-state index is 12.2. The van der Waals surface area contributed by atoms with Crippen LogP contribution in [0.15, 0.2) is 46.3 Å². The van der Waals surface area contributed by atoms with Crippen molar-refractivity contribution in [3.63, 3.8) is 0 Å². The van der Waals surface area contributed by atoms with Crippen molar-refractivity contribution in [2.45, 2.75) is 24.8 Å².